The summed E-state index contributed by atoms with van der Waals surface area (Å²) in [5.41, 5.74) is 6.30. The molecule has 1 atom stereocenters. The summed E-state index contributed by atoms with van der Waals surface area (Å²) in [7, 11) is 0. The zero-order valence-corrected chi connectivity index (χ0v) is 9.97. The summed E-state index contributed by atoms with van der Waals surface area (Å²) in [6.45, 7) is 9.25. The van der Waals surface area contributed by atoms with Gasteiger partial charge in [-0.3, -0.25) is 0 Å². The van der Waals surface area contributed by atoms with Crippen molar-refractivity contribution in [1.29, 1.82) is 0 Å². The van der Waals surface area contributed by atoms with Gasteiger partial charge in [0.1, 0.15) is 0 Å². The van der Waals surface area contributed by atoms with Crippen LogP contribution in [0.1, 0.15) is 46.5 Å². The topological polar surface area (TPSA) is 38.0 Å². The van der Waals surface area contributed by atoms with Crippen LogP contribution in [0.25, 0.3) is 0 Å². The molecule has 3 N–H and O–H groups in total. The van der Waals surface area contributed by atoms with E-state index in [-0.39, 0.29) is 0 Å². The number of hydrogen-bond acceptors (Lipinski definition) is 2. The van der Waals surface area contributed by atoms with Gasteiger partial charge < -0.3 is 11.1 Å². The first-order valence-corrected chi connectivity index (χ1v) is 5.96. The molecule has 0 aromatic heterocycles. The van der Waals surface area contributed by atoms with Crippen LogP contribution in [0.4, 0.5) is 0 Å². The largest absolute Gasteiger partial charge is 0.328 e. The normalized spacial score (nSPS) is 22.3. The van der Waals surface area contributed by atoms with Crippen molar-refractivity contribution in [3.05, 3.63) is 0 Å². The lowest BCUT2D eigenvalue weighted by molar-refractivity contribution is 0.206. The summed E-state index contributed by atoms with van der Waals surface area (Å²) in [5.74, 6) is 0.921. The molecular weight excluding hydrogens is 172 g/mol. The third-order valence-corrected chi connectivity index (χ3v) is 3.17. The van der Waals surface area contributed by atoms with Crippen LogP contribution in [-0.4, -0.2) is 19.1 Å². The molecule has 14 heavy (non-hydrogen) atoms. The van der Waals surface area contributed by atoms with E-state index in [4.69, 9.17) is 5.73 Å². The van der Waals surface area contributed by atoms with Gasteiger partial charge in [-0.1, -0.05) is 13.8 Å². The molecule has 1 saturated heterocycles. The van der Waals surface area contributed by atoms with Gasteiger partial charge in [-0.2, -0.15) is 0 Å². The second-order valence-corrected chi connectivity index (χ2v) is 5.74. The maximum Gasteiger partial charge on any atom is 0.00155 e. The molecule has 0 spiro atoms. The Morgan fingerprint density at radius 2 is 1.93 bits per heavy atom. The maximum atomic E-state index is 5.87. The highest BCUT2D eigenvalue weighted by molar-refractivity contribution is 4.79. The van der Waals surface area contributed by atoms with Crippen molar-refractivity contribution >= 4 is 0 Å². The van der Waals surface area contributed by atoms with Crippen LogP contribution >= 0.6 is 0 Å². The number of rotatable bonds is 4. The van der Waals surface area contributed by atoms with E-state index in [0.717, 1.165) is 12.3 Å². The van der Waals surface area contributed by atoms with Crippen molar-refractivity contribution in [2.45, 2.75) is 52.5 Å². The van der Waals surface area contributed by atoms with Crippen molar-refractivity contribution in [1.82, 2.24) is 5.32 Å². The fourth-order valence-electron chi connectivity index (χ4n) is 2.82. The second kappa shape index (κ2) is 5.13. The Morgan fingerprint density at radius 3 is 2.43 bits per heavy atom. The van der Waals surface area contributed by atoms with Crippen molar-refractivity contribution < 1.29 is 0 Å². The molecule has 1 heterocycles. The molecule has 2 heteroatoms. The summed E-state index contributed by atoms with van der Waals surface area (Å²) in [5, 5.41) is 3.42. The van der Waals surface area contributed by atoms with Crippen LogP contribution in [0.2, 0.25) is 0 Å². The van der Waals surface area contributed by atoms with Crippen LogP contribution in [0.3, 0.4) is 0 Å². The molecule has 0 radical (unpaired) electrons. The van der Waals surface area contributed by atoms with Crippen molar-refractivity contribution in [3.8, 4) is 0 Å². The van der Waals surface area contributed by atoms with Gasteiger partial charge >= 0.3 is 0 Å². The van der Waals surface area contributed by atoms with E-state index >= 15 is 0 Å². The van der Waals surface area contributed by atoms with Crippen LogP contribution in [0, 0.1) is 11.3 Å². The van der Waals surface area contributed by atoms with Crippen LogP contribution in [0.15, 0.2) is 0 Å². The van der Waals surface area contributed by atoms with E-state index in [1.54, 1.807) is 0 Å². The standard InChI is InChI=1S/C12H26N2/c1-10(13)8-12(2,3)9-11-4-6-14-7-5-11/h10-11,14H,4-9,13H2,1-3H3. The molecule has 1 unspecified atom stereocenters. The molecule has 0 saturated carbocycles. The van der Waals surface area contributed by atoms with E-state index in [1.807, 2.05) is 0 Å². The lowest BCUT2D eigenvalue weighted by Gasteiger charge is -2.33. The highest BCUT2D eigenvalue weighted by Gasteiger charge is 2.25. The van der Waals surface area contributed by atoms with E-state index in [2.05, 4.69) is 26.1 Å². The predicted octanol–water partition coefficient (Wildman–Crippen LogP) is 2.14. The lowest BCUT2D eigenvalue weighted by atomic mass is 9.76. The SMILES string of the molecule is CC(N)CC(C)(C)CC1CCNCC1. The molecule has 1 fully saturated rings. The highest BCUT2D eigenvalue weighted by atomic mass is 14.9. The minimum atomic E-state index is 0.340. The highest BCUT2D eigenvalue weighted by Crippen LogP contribution is 2.33. The second-order valence-electron chi connectivity index (χ2n) is 5.74. The molecule has 2 nitrogen and oxygen atoms in total. The first kappa shape index (κ1) is 12.0. The predicted molar refractivity (Wildman–Crippen MR) is 62.3 cm³/mol. The molecule has 0 aliphatic carbocycles. The Bertz CT molecular complexity index is 158. The van der Waals surface area contributed by atoms with Crippen LogP contribution in [0.5, 0.6) is 0 Å². The number of piperidine rings is 1. The first-order valence-electron chi connectivity index (χ1n) is 5.96. The van der Waals surface area contributed by atoms with Gasteiger partial charge in [0.2, 0.25) is 0 Å². The molecule has 0 aromatic rings. The summed E-state index contributed by atoms with van der Waals surface area (Å²) >= 11 is 0. The fraction of sp³-hybridized carbons (Fsp3) is 1.00. The first-order chi connectivity index (χ1) is 6.49. The van der Waals surface area contributed by atoms with E-state index in [0.29, 0.717) is 11.5 Å². The molecule has 1 rings (SSSR count). The van der Waals surface area contributed by atoms with Gasteiger partial charge in [0.25, 0.3) is 0 Å². The molecule has 0 bridgehead atoms. The van der Waals surface area contributed by atoms with Crippen molar-refractivity contribution in [2.24, 2.45) is 17.1 Å². The van der Waals surface area contributed by atoms with Gasteiger partial charge in [0.05, 0.1) is 0 Å². The lowest BCUT2D eigenvalue weighted by Crippen LogP contribution is -2.32. The third-order valence-electron chi connectivity index (χ3n) is 3.17. The summed E-state index contributed by atoms with van der Waals surface area (Å²) in [4.78, 5) is 0. The Hall–Kier alpha value is -0.0800. The Labute approximate surface area is 88.6 Å². The maximum absolute atomic E-state index is 5.87. The Kier molecular flexibility index (Phi) is 4.39. The zero-order valence-electron chi connectivity index (χ0n) is 9.97. The molecule has 1 aliphatic rings. The summed E-state index contributed by atoms with van der Waals surface area (Å²) in [6, 6.07) is 0.340. The third kappa shape index (κ3) is 4.43. The Morgan fingerprint density at radius 1 is 1.36 bits per heavy atom. The van der Waals surface area contributed by atoms with Crippen molar-refractivity contribution in [3.63, 3.8) is 0 Å². The van der Waals surface area contributed by atoms with Gasteiger partial charge in [0.15, 0.2) is 0 Å². The Balaban J connectivity index is 2.32. The summed E-state index contributed by atoms with van der Waals surface area (Å²) < 4.78 is 0. The van der Waals surface area contributed by atoms with Gasteiger partial charge in [0, 0.05) is 6.04 Å². The average molecular weight is 198 g/mol. The monoisotopic (exact) mass is 198 g/mol. The van der Waals surface area contributed by atoms with Gasteiger partial charge in [-0.25, -0.2) is 0 Å². The molecule has 0 amide bonds. The molecule has 84 valence electrons. The number of nitrogens with two attached hydrogens (primary N) is 1. The molecule has 1 aliphatic heterocycles. The number of hydrogen-bond donors (Lipinski definition) is 2. The minimum absolute atomic E-state index is 0.340. The van der Waals surface area contributed by atoms with Gasteiger partial charge in [-0.05, 0) is 57.0 Å². The average Bonchev–Trinajstić information content (AvgIpc) is 2.02. The van der Waals surface area contributed by atoms with E-state index in [1.165, 1.54) is 32.4 Å². The smallest absolute Gasteiger partial charge is 0.00155 e. The fourth-order valence-corrected chi connectivity index (χ4v) is 2.82. The van der Waals surface area contributed by atoms with Crippen LogP contribution in [-0.2, 0) is 0 Å². The van der Waals surface area contributed by atoms with E-state index < -0.39 is 0 Å². The van der Waals surface area contributed by atoms with E-state index in [9.17, 15) is 0 Å². The van der Waals surface area contributed by atoms with Crippen LogP contribution < -0.4 is 11.1 Å². The number of nitrogens with one attached hydrogen (secondary N) is 1. The quantitative estimate of drug-likeness (QED) is 0.726. The minimum Gasteiger partial charge on any atom is -0.328 e. The molecular formula is C12H26N2. The summed E-state index contributed by atoms with van der Waals surface area (Å²) in [6.07, 6.45) is 5.19. The van der Waals surface area contributed by atoms with Gasteiger partial charge in [-0.15, -0.1) is 0 Å². The zero-order chi connectivity index (χ0) is 10.6. The van der Waals surface area contributed by atoms with Crippen molar-refractivity contribution in [2.75, 3.05) is 13.1 Å². The molecule has 0 aromatic carbocycles.